The fourth-order valence-electron chi connectivity index (χ4n) is 5.62. The van der Waals surface area contributed by atoms with E-state index in [0.717, 1.165) is 28.0 Å². The number of carboxylic acid groups (broad SMARTS) is 1. The molecule has 1 fully saturated rings. The Morgan fingerprint density at radius 3 is 2.21 bits per heavy atom. The first-order valence-corrected chi connectivity index (χ1v) is 17.9. The summed E-state index contributed by atoms with van der Waals surface area (Å²) >= 11 is 1.94. The number of aromatic nitrogens is 1. The Hall–Kier alpha value is -5.81. The normalized spacial score (nSPS) is 18.5. The molecule has 4 N–H and O–H groups in total. The zero-order chi connectivity index (χ0) is 38.4. The van der Waals surface area contributed by atoms with E-state index in [-0.39, 0.29) is 22.8 Å². The van der Waals surface area contributed by atoms with E-state index in [0.29, 0.717) is 17.5 Å². The molecule has 2 unspecified atom stereocenters. The smallest absolute Gasteiger partial charge is 0.408 e. The second-order valence-electron chi connectivity index (χ2n) is 12.7. The number of carbonyl (C=O) groups is 7. The van der Waals surface area contributed by atoms with Crippen LogP contribution in [0.5, 0.6) is 0 Å². The van der Waals surface area contributed by atoms with Crippen molar-refractivity contribution in [2.24, 2.45) is 0 Å². The van der Waals surface area contributed by atoms with E-state index < -0.39 is 75.7 Å². The number of hydrogen-bond donors (Lipinski definition) is 4. The molecule has 0 saturated carbocycles. The summed E-state index contributed by atoms with van der Waals surface area (Å²) < 4.78 is 11.5. The molecule has 1 saturated heterocycles. The fourth-order valence-corrected chi connectivity index (χ4v) is 7.94. The van der Waals surface area contributed by atoms with Crippen LogP contribution in [0.4, 0.5) is 9.93 Å². The van der Waals surface area contributed by atoms with Gasteiger partial charge in [0.05, 0.1) is 0 Å². The van der Waals surface area contributed by atoms with Crippen molar-refractivity contribution in [2.75, 3.05) is 5.32 Å². The number of amides is 4. The van der Waals surface area contributed by atoms with Crippen molar-refractivity contribution in [3.05, 3.63) is 107 Å². The van der Waals surface area contributed by atoms with Gasteiger partial charge in [-0.1, -0.05) is 73.3 Å². The van der Waals surface area contributed by atoms with Crippen LogP contribution in [0, 0.1) is 0 Å². The van der Waals surface area contributed by atoms with E-state index in [1.165, 1.54) is 11.5 Å². The third-order valence-electron chi connectivity index (χ3n) is 7.91. The molecule has 1 aromatic heterocycles. The van der Waals surface area contributed by atoms with Gasteiger partial charge in [-0.05, 0) is 43.9 Å². The van der Waals surface area contributed by atoms with Crippen LogP contribution >= 0.6 is 23.1 Å². The Bertz CT molecular complexity index is 1920. The Morgan fingerprint density at radius 2 is 1.66 bits per heavy atom. The molecule has 0 spiro atoms. The van der Waals surface area contributed by atoms with Crippen molar-refractivity contribution >= 4 is 70.3 Å². The van der Waals surface area contributed by atoms with Crippen molar-refractivity contribution in [3.8, 4) is 0 Å². The number of carboxylic acids is 1. The third kappa shape index (κ3) is 8.81. The van der Waals surface area contributed by atoms with Gasteiger partial charge in [0.2, 0.25) is 6.41 Å². The molecule has 15 nitrogen and oxygen atoms in total. The summed E-state index contributed by atoms with van der Waals surface area (Å²) in [6.45, 7) is 8.69. The standard InChI is InChI=1S/C36H35N5O10S2/c1-5-21-24(53-31-25(30(45)41(31)26(21)32(46)47)40-29(44)27(43)23-17-52-34(38-23)37-18-42)16-22(39-35(49)51-36(2,3)4)33(48)50-28(19-12-8-6-9-13-19)20-14-10-7-11-15-20/h5-15,17-18,22,24-25,28,31H,1,16H2,2-4H3,(H,39,49)(H,40,44)(H,46,47)(H,37,38,42)/t22-,24?,25?,31+/m0/s1. The van der Waals surface area contributed by atoms with Crippen LogP contribution in [0.1, 0.15) is 54.9 Å². The topological polar surface area (TPSA) is 210 Å². The number of allylic oxidation sites excluding steroid dienone is 1. The average Bonchev–Trinajstić information content (AvgIpc) is 3.60. The molecule has 3 heterocycles. The fraction of sp³-hybridized carbons (Fsp3) is 0.278. The average molecular weight is 762 g/mol. The number of anilines is 1. The van der Waals surface area contributed by atoms with Crippen molar-refractivity contribution in [1.29, 1.82) is 0 Å². The number of rotatable bonds is 14. The number of thiazole rings is 1. The summed E-state index contributed by atoms with van der Waals surface area (Å²) in [6.07, 6.45) is -0.456. The van der Waals surface area contributed by atoms with E-state index in [9.17, 15) is 38.7 Å². The highest BCUT2D eigenvalue weighted by atomic mass is 32.2. The molecule has 53 heavy (non-hydrogen) atoms. The molecule has 2 aliphatic rings. The number of carbonyl (C=O) groups excluding carboxylic acids is 6. The molecular weight excluding hydrogens is 727 g/mol. The predicted molar refractivity (Wildman–Crippen MR) is 194 cm³/mol. The molecule has 4 amide bonds. The van der Waals surface area contributed by atoms with Crippen LogP contribution in [-0.2, 0) is 33.4 Å². The second kappa shape index (κ2) is 16.2. The van der Waals surface area contributed by atoms with E-state index in [2.05, 4.69) is 27.5 Å². The van der Waals surface area contributed by atoms with Crippen molar-refractivity contribution < 1.29 is 48.1 Å². The maximum Gasteiger partial charge on any atom is 0.408 e. The van der Waals surface area contributed by atoms with E-state index >= 15 is 0 Å². The van der Waals surface area contributed by atoms with Crippen molar-refractivity contribution in [1.82, 2.24) is 20.5 Å². The Labute approximate surface area is 311 Å². The zero-order valence-electron chi connectivity index (χ0n) is 28.6. The predicted octanol–water partition coefficient (Wildman–Crippen LogP) is 3.80. The van der Waals surface area contributed by atoms with Crippen LogP contribution in [0.15, 0.2) is 90.0 Å². The van der Waals surface area contributed by atoms with Gasteiger partial charge in [-0.3, -0.25) is 24.1 Å². The minimum absolute atomic E-state index is 0.0767. The number of thioether (sulfide) groups is 1. The number of benzene rings is 2. The number of aliphatic carboxylic acids is 1. The lowest BCUT2D eigenvalue weighted by molar-refractivity contribution is -0.151. The van der Waals surface area contributed by atoms with Crippen LogP contribution < -0.4 is 16.0 Å². The molecule has 0 aliphatic carbocycles. The molecule has 4 atom stereocenters. The number of Topliss-reactive ketones (excluding diaryl/α,β-unsaturated/α-hetero) is 1. The molecule has 17 heteroatoms. The lowest BCUT2D eigenvalue weighted by Crippen LogP contribution is -2.71. The van der Waals surface area contributed by atoms with Crippen molar-refractivity contribution in [3.63, 3.8) is 0 Å². The molecule has 0 radical (unpaired) electrons. The van der Waals surface area contributed by atoms with Crippen LogP contribution in [0.25, 0.3) is 0 Å². The number of alkyl carbamates (subject to hydrolysis) is 1. The van der Waals surface area contributed by atoms with Gasteiger partial charge >= 0.3 is 18.0 Å². The highest BCUT2D eigenvalue weighted by molar-refractivity contribution is 8.00. The van der Waals surface area contributed by atoms with Crippen molar-refractivity contribution in [2.45, 2.75) is 61.6 Å². The lowest BCUT2D eigenvalue weighted by atomic mass is 9.97. The quantitative estimate of drug-likeness (QED) is 0.0608. The van der Waals surface area contributed by atoms with E-state index in [1.54, 1.807) is 69.3 Å². The number of nitrogens with one attached hydrogen (secondary N) is 3. The number of hydrogen-bond acceptors (Lipinski definition) is 12. The molecule has 5 rings (SSSR count). The first kappa shape index (κ1) is 38.4. The first-order valence-electron chi connectivity index (χ1n) is 16.1. The summed E-state index contributed by atoms with van der Waals surface area (Å²) in [5.74, 6) is -5.39. The Kier molecular flexibility index (Phi) is 11.8. The molecule has 0 bridgehead atoms. The maximum atomic E-state index is 14.1. The summed E-state index contributed by atoms with van der Waals surface area (Å²) in [4.78, 5) is 94.5. The molecule has 276 valence electrons. The minimum Gasteiger partial charge on any atom is -0.477 e. The number of esters is 1. The zero-order valence-corrected chi connectivity index (χ0v) is 30.3. The van der Waals surface area contributed by atoms with Gasteiger partial charge in [0.25, 0.3) is 17.6 Å². The summed E-state index contributed by atoms with van der Waals surface area (Å²) in [5.41, 5.74) is -0.250. The van der Waals surface area contributed by atoms with Gasteiger partial charge in [0.15, 0.2) is 11.2 Å². The maximum absolute atomic E-state index is 14.1. The highest BCUT2D eigenvalue weighted by Crippen LogP contribution is 2.46. The van der Waals surface area contributed by atoms with E-state index in [1.807, 2.05) is 12.1 Å². The summed E-state index contributed by atoms with van der Waals surface area (Å²) in [6, 6.07) is 15.2. The summed E-state index contributed by atoms with van der Waals surface area (Å²) in [5, 5.41) is 16.9. The van der Waals surface area contributed by atoms with Gasteiger partial charge in [0, 0.05) is 10.6 Å². The Balaban J connectivity index is 1.44. The number of nitrogens with zero attached hydrogens (tertiary/aromatic N) is 2. The number of fused-ring (bicyclic) bond motifs is 1. The van der Waals surface area contributed by atoms with Gasteiger partial charge in [0.1, 0.15) is 34.4 Å². The molecule has 2 aliphatic heterocycles. The van der Waals surface area contributed by atoms with E-state index in [4.69, 9.17) is 9.47 Å². The number of β-lactam (4-membered cyclic amide) rings is 1. The highest BCUT2D eigenvalue weighted by Gasteiger charge is 2.56. The largest absolute Gasteiger partial charge is 0.477 e. The van der Waals surface area contributed by atoms with Crippen LogP contribution in [-0.4, -0.2) is 85.3 Å². The number of ether oxygens (including phenoxy) is 2. The monoisotopic (exact) mass is 761 g/mol. The SMILES string of the molecule is C=CC1=C(C(=O)O)N2C(=O)C(NC(=O)C(=O)c3csc(NC=O)n3)[C@H]2SC1C[C@H](NC(=O)OC(C)(C)C)C(=O)OC(c1ccccc1)c1ccccc1. The Morgan fingerprint density at radius 1 is 1.04 bits per heavy atom. The molecular formula is C36H35N5O10S2. The second-order valence-corrected chi connectivity index (χ2v) is 14.9. The minimum atomic E-state index is -1.48. The lowest BCUT2D eigenvalue weighted by Gasteiger charge is -2.51. The molecule has 2 aromatic carbocycles. The van der Waals surface area contributed by atoms with Gasteiger partial charge in [-0.15, -0.1) is 23.1 Å². The van der Waals surface area contributed by atoms with Gasteiger partial charge < -0.3 is 30.5 Å². The third-order valence-corrected chi connectivity index (χ3v) is 10.2. The van der Waals surface area contributed by atoms with Crippen LogP contribution in [0.2, 0.25) is 0 Å². The first-order chi connectivity index (χ1) is 25.2. The number of ketones is 1. The molecule has 3 aromatic rings. The van der Waals surface area contributed by atoms with Gasteiger partial charge in [-0.2, -0.15) is 0 Å². The summed E-state index contributed by atoms with van der Waals surface area (Å²) in [7, 11) is 0. The van der Waals surface area contributed by atoms with Gasteiger partial charge in [-0.25, -0.2) is 19.4 Å². The van der Waals surface area contributed by atoms with Crippen LogP contribution in [0.3, 0.4) is 0 Å².